The monoisotopic (exact) mass is 391 g/mol. The van der Waals surface area contributed by atoms with Crippen molar-refractivity contribution in [2.45, 2.75) is 38.8 Å². The zero-order valence-electron chi connectivity index (χ0n) is 17.3. The molecule has 29 heavy (non-hydrogen) atoms. The average Bonchev–Trinajstić information content (AvgIpc) is 2.73. The summed E-state index contributed by atoms with van der Waals surface area (Å²) in [6, 6.07) is 17.5. The summed E-state index contributed by atoms with van der Waals surface area (Å²) in [5.41, 5.74) is 8.90. The molecule has 5 heteroatoms. The summed E-state index contributed by atoms with van der Waals surface area (Å²) in [6.07, 6.45) is 4.61. The normalized spacial score (nSPS) is 19.3. The number of ether oxygens (including phenoxy) is 1. The molecule has 1 amide bonds. The predicted octanol–water partition coefficient (Wildman–Crippen LogP) is 4.17. The van der Waals surface area contributed by atoms with Crippen molar-refractivity contribution in [3.8, 4) is 16.9 Å². The summed E-state index contributed by atoms with van der Waals surface area (Å²) in [4.78, 5) is 15.5. The Labute approximate surface area is 172 Å². The van der Waals surface area contributed by atoms with Crippen molar-refractivity contribution in [3.63, 3.8) is 0 Å². The van der Waals surface area contributed by atoms with Crippen molar-refractivity contribution in [1.82, 2.24) is 9.88 Å². The lowest BCUT2D eigenvalue weighted by atomic mass is 9.97. The smallest absolute Gasteiger partial charge is 0.204 e. The van der Waals surface area contributed by atoms with Crippen molar-refractivity contribution in [1.29, 1.82) is 0 Å². The molecule has 0 saturated carbocycles. The Balaban J connectivity index is 0.000000755. The summed E-state index contributed by atoms with van der Waals surface area (Å²) in [7, 11) is 2.19. The molecule has 152 valence electrons. The molecule has 2 atom stereocenters. The number of hydrogen-bond acceptors (Lipinski definition) is 4. The topological polar surface area (TPSA) is 68.4 Å². The van der Waals surface area contributed by atoms with Gasteiger partial charge in [-0.15, -0.1) is 0 Å². The summed E-state index contributed by atoms with van der Waals surface area (Å²) in [5.74, 6) is 0.965. The van der Waals surface area contributed by atoms with Crippen LogP contribution >= 0.6 is 0 Å². The van der Waals surface area contributed by atoms with Gasteiger partial charge in [-0.25, -0.2) is 0 Å². The minimum Gasteiger partial charge on any atom is -0.490 e. The van der Waals surface area contributed by atoms with Crippen LogP contribution in [0.1, 0.15) is 25.3 Å². The Bertz CT molecular complexity index is 956. The second kappa shape index (κ2) is 9.52. The number of amides is 1. The Hall–Kier alpha value is -2.92. The Morgan fingerprint density at radius 1 is 1.17 bits per heavy atom. The number of fused-ring (bicyclic) bond motifs is 1. The Morgan fingerprint density at radius 2 is 1.90 bits per heavy atom. The number of primary amides is 1. The van der Waals surface area contributed by atoms with Gasteiger partial charge in [-0.2, -0.15) is 0 Å². The molecular weight excluding hydrogens is 362 g/mol. The minimum absolute atomic E-state index is 0.250. The number of hydrogen-bond donors (Lipinski definition) is 1. The van der Waals surface area contributed by atoms with Crippen LogP contribution in [0.5, 0.6) is 5.75 Å². The molecule has 1 saturated heterocycles. The van der Waals surface area contributed by atoms with Gasteiger partial charge in [0.25, 0.3) is 0 Å². The number of rotatable bonds is 3. The SMILES string of the molecule is Cc1c(-c2ccc(OC3CCN(C)C(C)C3)cc2)ccc2cccnc12.NC=O. The highest BCUT2D eigenvalue weighted by Crippen LogP contribution is 2.30. The van der Waals surface area contributed by atoms with Crippen molar-refractivity contribution in [2.24, 2.45) is 5.73 Å². The van der Waals surface area contributed by atoms with Gasteiger partial charge in [-0.05, 0) is 68.6 Å². The van der Waals surface area contributed by atoms with Crippen LogP contribution < -0.4 is 10.5 Å². The molecule has 0 aliphatic carbocycles. The quantitative estimate of drug-likeness (QED) is 0.680. The third-order valence-electron chi connectivity index (χ3n) is 5.66. The van der Waals surface area contributed by atoms with E-state index in [0.29, 0.717) is 12.1 Å². The molecule has 2 aromatic carbocycles. The molecule has 3 aromatic rings. The predicted molar refractivity (Wildman–Crippen MR) is 118 cm³/mol. The molecule has 1 aromatic heterocycles. The summed E-state index contributed by atoms with van der Waals surface area (Å²) >= 11 is 0. The van der Waals surface area contributed by atoms with Crippen LogP contribution in [-0.4, -0.2) is 42.0 Å². The number of nitrogens with two attached hydrogens (primary N) is 1. The zero-order chi connectivity index (χ0) is 20.8. The first-order valence-electron chi connectivity index (χ1n) is 10.0. The van der Waals surface area contributed by atoms with Crippen molar-refractivity contribution in [2.75, 3.05) is 13.6 Å². The van der Waals surface area contributed by atoms with E-state index >= 15 is 0 Å². The Kier molecular flexibility index (Phi) is 6.83. The molecule has 2 heterocycles. The van der Waals surface area contributed by atoms with Crippen LogP contribution in [0.25, 0.3) is 22.0 Å². The molecular formula is C24H29N3O2. The van der Waals surface area contributed by atoms with E-state index in [0.717, 1.165) is 30.7 Å². The second-order valence-electron chi connectivity index (χ2n) is 7.57. The molecule has 4 rings (SSSR count). The van der Waals surface area contributed by atoms with E-state index in [1.807, 2.05) is 12.3 Å². The third-order valence-corrected chi connectivity index (χ3v) is 5.66. The van der Waals surface area contributed by atoms with Crippen molar-refractivity contribution >= 4 is 17.3 Å². The first-order valence-corrected chi connectivity index (χ1v) is 10.0. The fraction of sp³-hybridized carbons (Fsp3) is 0.333. The molecule has 1 fully saturated rings. The number of aryl methyl sites for hydroxylation is 1. The average molecular weight is 392 g/mol. The van der Waals surface area contributed by atoms with Gasteiger partial charge in [-0.1, -0.05) is 30.3 Å². The summed E-state index contributed by atoms with van der Waals surface area (Å²) in [5, 5.41) is 1.19. The molecule has 0 radical (unpaired) electrons. The van der Waals surface area contributed by atoms with Gasteiger partial charge >= 0.3 is 0 Å². The van der Waals surface area contributed by atoms with Crippen LogP contribution in [0.4, 0.5) is 0 Å². The van der Waals surface area contributed by atoms with Crippen LogP contribution in [-0.2, 0) is 4.79 Å². The first-order chi connectivity index (χ1) is 14.0. The van der Waals surface area contributed by atoms with Gasteiger partial charge in [0, 0.05) is 24.2 Å². The number of pyridine rings is 1. The number of piperidine rings is 1. The number of likely N-dealkylation sites (tertiary alicyclic amines) is 1. The number of carbonyl (C=O) groups is 1. The highest BCUT2D eigenvalue weighted by Gasteiger charge is 2.24. The van der Waals surface area contributed by atoms with E-state index in [4.69, 9.17) is 9.53 Å². The highest BCUT2D eigenvalue weighted by atomic mass is 16.5. The molecule has 0 bridgehead atoms. The molecule has 1 aliphatic rings. The number of nitrogens with zero attached hydrogens (tertiary/aromatic N) is 2. The first kappa shape index (κ1) is 20.8. The van der Waals surface area contributed by atoms with Gasteiger partial charge in [0.2, 0.25) is 6.41 Å². The van der Waals surface area contributed by atoms with E-state index in [1.165, 1.54) is 22.1 Å². The van der Waals surface area contributed by atoms with Crippen LogP contribution in [0.3, 0.4) is 0 Å². The number of carbonyl (C=O) groups excluding carboxylic acids is 1. The standard InChI is InChI=1S/C23H26N2O.CH3NO/c1-16-15-21(12-14-25(16)3)26-20-9-6-18(7-10-20)22-11-8-19-5-4-13-24-23(19)17(22)2;2-1-3/h4-11,13,16,21H,12,14-15H2,1-3H3;1H,(H2,2,3). The van der Waals surface area contributed by atoms with E-state index in [-0.39, 0.29) is 6.41 Å². The van der Waals surface area contributed by atoms with Gasteiger partial charge in [-0.3, -0.25) is 9.78 Å². The number of aromatic nitrogens is 1. The maximum atomic E-state index is 8.58. The van der Waals surface area contributed by atoms with E-state index in [1.54, 1.807) is 0 Å². The minimum atomic E-state index is 0.250. The largest absolute Gasteiger partial charge is 0.490 e. The van der Waals surface area contributed by atoms with Crippen LogP contribution in [0, 0.1) is 6.92 Å². The number of benzene rings is 2. The van der Waals surface area contributed by atoms with Crippen LogP contribution in [0.15, 0.2) is 54.7 Å². The molecule has 5 nitrogen and oxygen atoms in total. The van der Waals surface area contributed by atoms with Gasteiger partial charge in [0.15, 0.2) is 0 Å². The zero-order valence-corrected chi connectivity index (χ0v) is 17.3. The summed E-state index contributed by atoms with van der Waals surface area (Å²) in [6.45, 7) is 5.53. The van der Waals surface area contributed by atoms with E-state index in [9.17, 15) is 0 Å². The van der Waals surface area contributed by atoms with Crippen LogP contribution in [0.2, 0.25) is 0 Å². The molecule has 1 aliphatic heterocycles. The lowest BCUT2D eigenvalue weighted by molar-refractivity contribution is -0.106. The lowest BCUT2D eigenvalue weighted by Crippen LogP contribution is -2.41. The lowest BCUT2D eigenvalue weighted by Gasteiger charge is -2.35. The fourth-order valence-electron chi connectivity index (χ4n) is 3.86. The molecule has 0 spiro atoms. The maximum Gasteiger partial charge on any atom is 0.204 e. The molecule has 2 N–H and O–H groups in total. The van der Waals surface area contributed by atoms with Gasteiger partial charge in [0.1, 0.15) is 11.9 Å². The van der Waals surface area contributed by atoms with Crippen molar-refractivity contribution < 1.29 is 9.53 Å². The third kappa shape index (κ3) is 4.93. The van der Waals surface area contributed by atoms with Crippen molar-refractivity contribution in [3.05, 3.63) is 60.3 Å². The van der Waals surface area contributed by atoms with E-state index < -0.39 is 0 Å². The maximum absolute atomic E-state index is 8.58. The second-order valence-corrected chi connectivity index (χ2v) is 7.57. The van der Waals surface area contributed by atoms with Gasteiger partial charge in [0.05, 0.1) is 5.52 Å². The van der Waals surface area contributed by atoms with E-state index in [2.05, 4.69) is 79.0 Å². The molecule has 2 unspecified atom stereocenters. The van der Waals surface area contributed by atoms with Gasteiger partial charge < -0.3 is 15.4 Å². The highest BCUT2D eigenvalue weighted by molar-refractivity contribution is 5.88. The fourth-order valence-corrected chi connectivity index (χ4v) is 3.86. The summed E-state index contributed by atoms with van der Waals surface area (Å²) < 4.78 is 6.23. The Morgan fingerprint density at radius 3 is 2.59 bits per heavy atom.